The molecule has 0 aliphatic carbocycles. The Bertz CT molecular complexity index is 728. The third-order valence-corrected chi connectivity index (χ3v) is 3.81. The average molecular weight is 298 g/mol. The molecule has 1 aromatic carbocycles. The van der Waals surface area contributed by atoms with Crippen LogP contribution in [0.25, 0.3) is 0 Å². The molecule has 1 amide bonds. The number of H-pyrrole nitrogens is 1. The number of amides is 1. The van der Waals surface area contributed by atoms with Crippen molar-refractivity contribution in [3.05, 3.63) is 51.9 Å². The Balaban J connectivity index is 1.75. The Labute approximate surface area is 128 Å². The number of rotatable bonds is 3. The normalized spacial score (nSPS) is 14.1. The summed E-state index contributed by atoms with van der Waals surface area (Å²) in [6.45, 7) is 4.23. The zero-order valence-electron chi connectivity index (χ0n) is 12.4. The molecule has 0 bridgehead atoms. The Hall–Kier alpha value is -2.63. The van der Waals surface area contributed by atoms with Crippen molar-refractivity contribution >= 4 is 17.3 Å². The zero-order chi connectivity index (χ0) is 15.5. The molecule has 22 heavy (non-hydrogen) atoms. The maximum absolute atomic E-state index is 12.1. The molecule has 114 valence electrons. The lowest BCUT2D eigenvalue weighted by Gasteiger charge is -2.20. The van der Waals surface area contributed by atoms with E-state index in [1.165, 1.54) is 30.7 Å². The maximum atomic E-state index is 12.1. The van der Waals surface area contributed by atoms with E-state index in [0.717, 1.165) is 24.3 Å². The minimum atomic E-state index is -0.343. The fourth-order valence-corrected chi connectivity index (χ4v) is 2.71. The number of anilines is 2. The summed E-state index contributed by atoms with van der Waals surface area (Å²) in [5.41, 5.74) is 2.92. The molecule has 0 unspecified atom stereocenters. The molecule has 0 saturated carbocycles. The van der Waals surface area contributed by atoms with Gasteiger partial charge in [-0.2, -0.15) is 5.10 Å². The predicted octanol–water partition coefficient (Wildman–Crippen LogP) is 1.93. The second kappa shape index (κ2) is 6.01. The average Bonchev–Trinajstić information content (AvgIpc) is 3.02. The van der Waals surface area contributed by atoms with Gasteiger partial charge >= 0.3 is 0 Å². The number of hydrogen-bond donors (Lipinski definition) is 2. The number of carbonyl (C=O) groups excluding carboxylic acids is 1. The molecule has 1 fully saturated rings. The highest BCUT2D eigenvalue weighted by molar-refractivity contribution is 6.02. The SMILES string of the molecule is Cc1cc(NC(=O)c2ccc(=O)[nH]n2)ccc1N1CCCC1. The van der Waals surface area contributed by atoms with Crippen molar-refractivity contribution in [3.8, 4) is 0 Å². The predicted molar refractivity (Wildman–Crippen MR) is 85.4 cm³/mol. The van der Waals surface area contributed by atoms with E-state index in [2.05, 4.69) is 20.4 Å². The van der Waals surface area contributed by atoms with E-state index < -0.39 is 0 Å². The number of benzene rings is 1. The Kier molecular flexibility index (Phi) is 3.91. The van der Waals surface area contributed by atoms with Gasteiger partial charge in [-0.3, -0.25) is 9.59 Å². The molecule has 2 aromatic rings. The summed E-state index contributed by atoms with van der Waals surface area (Å²) < 4.78 is 0. The van der Waals surface area contributed by atoms with Crippen LogP contribution in [0.2, 0.25) is 0 Å². The van der Waals surface area contributed by atoms with Crippen LogP contribution >= 0.6 is 0 Å². The van der Waals surface area contributed by atoms with Crippen LogP contribution in [-0.2, 0) is 0 Å². The Morgan fingerprint density at radius 3 is 2.64 bits per heavy atom. The van der Waals surface area contributed by atoms with Crippen LogP contribution in [0.15, 0.2) is 35.1 Å². The molecule has 1 aromatic heterocycles. The van der Waals surface area contributed by atoms with Crippen molar-refractivity contribution in [3.63, 3.8) is 0 Å². The van der Waals surface area contributed by atoms with Crippen LogP contribution in [-0.4, -0.2) is 29.2 Å². The smallest absolute Gasteiger partial charge is 0.276 e. The monoisotopic (exact) mass is 298 g/mol. The fraction of sp³-hybridized carbons (Fsp3) is 0.312. The summed E-state index contributed by atoms with van der Waals surface area (Å²) in [6.07, 6.45) is 2.46. The third-order valence-electron chi connectivity index (χ3n) is 3.81. The largest absolute Gasteiger partial charge is 0.371 e. The van der Waals surface area contributed by atoms with Gasteiger partial charge < -0.3 is 10.2 Å². The van der Waals surface area contributed by atoms with Crippen LogP contribution in [0.4, 0.5) is 11.4 Å². The molecule has 0 atom stereocenters. The van der Waals surface area contributed by atoms with Gasteiger partial charge in [-0.05, 0) is 49.6 Å². The molecule has 2 heterocycles. The lowest BCUT2D eigenvalue weighted by Crippen LogP contribution is -2.19. The third kappa shape index (κ3) is 3.00. The minimum Gasteiger partial charge on any atom is -0.371 e. The Morgan fingerprint density at radius 1 is 1.23 bits per heavy atom. The number of nitrogens with one attached hydrogen (secondary N) is 2. The number of hydrogen-bond acceptors (Lipinski definition) is 4. The molecule has 1 saturated heterocycles. The van der Waals surface area contributed by atoms with E-state index in [1.54, 1.807) is 0 Å². The molecular weight excluding hydrogens is 280 g/mol. The highest BCUT2D eigenvalue weighted by atomic mass is 16.2. The highest BCUT2D eigenvalue weighted by Gasteiger charge is 2.15. The minimum absolute atomic E-state index is 0.181. The molecule has 0 spiro atoms. The van der Waals surface area contributed by atoms with E-state index in [4.69, 9.17) is 0 Å². The Morgan fingerprint density at radius 2 is 2.00 bits per heavy atom. The second-order valence-corrected chi connectivity index (χ2v) is 5.46. The lowest BCUT2D eigenvalue weighted by molar-refractivity contribution is 0.102. The number of aryl methyl sites for hydroxylation is 1. The number of aromatic amines is 1. The van der Waals surface area contributed by atoms with Crippen molar-refractivity contribution in [2.45, 2.75) is 19.8 Å². The van der Waals surface area contributed by atoms with Crippen molar-refractivity contribution in [2.24, 2.45) is 0 Å². The van der Waals surface area contributed by atoms with Gasteiger partial charge in [0.25, 0.3) is 11.5 Å². The van der Waals surface area contributed by atoms with Gasteiger partial charge in [-0.25, -0.2) is 5.10 Å². The number of carbonyl (C=O) groups is 1. The number of aromatic nitrogens is 2. The van der Waals surface area contributed by atoms with Gasteiger partial charge in [0.2, 0.25) is 0 Å². The second-order valence-electron chi connectivity index (χ2n) is 5.46. The van der Waals surface area contributed by atoms with E-state index in [1.807, 2.05) is 25.1 Å². The van der Waals surface area contributed by atoms with E-state index in [0.29, 0.717) is 0 Å². The standard InChI is InChI=1S/C16H18N4O2/c1-11-10-12(4-6-14(11)20-8-2-3-9-20)17-16(22)13-5-7-15(21)19-18-13/h4-7,10H,2-3,8-9H2,1H3,(H,17,22)(H,19,21). The van der Waals surface area contributed by atoms with Crippen LogP contribution in [0, 0.1) is 6.92 Å². The first kappa shape index (κ1) is 14.3. The molecule has 6 heteroatoms. The maximum Gasteiger partial charge on any atom is 0.276 e. The van der Waals surface area contributed by atoms with E-state index >= 15 is 0 Å². The van der Waals surface area contributed by atoms with Gasteiger partial charge in [0, 0.05) is 30.5 Å². The van der Waals surface area contributed by atoms with Gasteiger partial charge in [0.05, 0.1) is 0 Å². The van der Waals surface area contributed by atoms with Crippen LogP contribution in [0.3, 0.4) is 0 Å². The fourth-order valence-electron chi connectivity index (χ4n) is 2.71. The highest BCUT2D eigenvalue weighted by Crippen LogP contribution is 2.26. The number of nitrogens with zero attached hydrogens (tertiary/aromatic N) is 2. The molecule has 1 aliphatic heterocycles. The summed E-state index contributed by atoms with van der Waals surface area (Å²) in [4.78, 5) is 25.4. The van der Waals surface area contributed by atoms with Gasteiger partial charge in [0.15, 0.2) is 0 Å². The summed E-state index contributed by atoms with van der Waals surface area (Å²) in [5.74, 6) is -0.343. The molecular formula is C16H18N4O2. The first-order valence-corrected chi connectivity index (χ1v) is 7.36. The molecule has 2 N–H and O–H groups in total. The topological polar surface area (TPSA) is 78.1 Å². The first-order chi connectivity index (χ1) is 10.6. The molecule has 6 nitrogen and oxygen atoms in total. The van der Waals surface area contributed by atoms with Crippen molar-refractivity contribution in [1.82, 2.24) is 10.2 Å². The lowest BCUT2D eigenvalue weighted by atomic mass is 10.1. The molecule has 0 radical (unpaired) electrons. The van der Waals surface area contributed by atoms with Crippen molar-refractivity contribution in [2.75, 3.05) is 23.3 Å². The summed E-state index contributed by atoms with van der Waals surface area (Å²) in [5, 5.41) is 8.76. The van der Waals surface area contributed by atoms with Gasteiger partial charge in [0.1, 0.15) is 5.69 Å². The summed E-state index contributed by atoms with van der Waals surface area (Å²) in [6, 6.07) is 8.57. The van der Waals surface area contributed by atoms with Crippen LogP contribution in [0.1, 0.15) is 28.9 Å². The van der Waals surface area contributed by atoms with Crippen LogP contribution in [0.5, 0.6) is 0 Å². The van der Waals surface area contributed by atoms with Crippen molar-refractivity contribution < 1.29 is 4.79 Å². The molecule has 1 aliphatic rings. The quantitative estimate of drug-likeness (QED) is 0.907. The van der Waals surface area contributed by atoms with E-state index in [-0.39, 0.29) is 17.2 Å². The van der Waals surface area contributed by atoms with Crippen LogP contribution < -0.4 is 15.8 Å². The van der Waals surface area contributed by atoms with E-state index in [9.17, 15) is 9.59 Å². The first-order valence-electron chi connectivity index (χ1n) is 7.36. The van der Waals surface area contributed by atoms with Crippen molar-refractivity contribution in [1.29, 1.82) is 0 Å². The molecule has 3 rings (SSSR count). The van der Waals surface area contributed by atoms with Gasteiger partial charge in [-0.1, -0.05) is 0 Å². The summed E-state index contributed by atoms with van der Waals surface area (Å²) >= 11 is 0. The van der Waals surface area contributed by atoms with Gasteiger partial charge in [-0.15, -0.1) is 0 Å². The summed E-state index contributed by atoms with van der Waals surface area (Å²) in [7, 11) is 0. The zero-order valence-corrected chi connectivity index (χ0v) is 12.4.